The van der Waals surface area contributed by atoms with Crippen LogP contribution in [0.3, 0.4) is 0 Å². The van der Waals surface area contributed by atoms with E-state index in [9.17, 15) is 0 Å². The summed E-state index contributed by atoms with van der Waals surface area (Å²) in [4.78, 5) is 4.15. The van der Waals surface area contributed by atoms with Gasteiger partial charge in [0.2, 0.25) is 0 Å². The molecule has 0 rings (SSSR count). The lowest BCUT2D eigenvalue weighted by Crippen LogP contribution is -2.70. The summed E-state index contributed by atoms with van der Waals surface area (Å²) < 4.78 is 12.0. The molecule has 0 aromatic heterocycles. The van der Waals surface area contributed by atoms with Crippen molar-refractivity contribution in [3.63, 3.8) is 0 Å². The second-order valence-corrected chi connectivity index (χ2v) is 5.06. The third-order valence-electron chi connectivity index (χ3n) is 3.56. The molecule has 0 amide bonds. The molecule has 0 aliphatic rings. The Morgan fingerprint density at radius 1 is 0.737 bits per heavy atom. The van der Waals surface area contributed by atoms with Crippen molar-refractivity contribution in [2.24, 2.45) is 0 Å². The van der Waals surface area contributed by atoms with Gasteiger partial charge in [-0.05, 0) is 42.0 Å². The van der Waals surface area contributed by atoms with E-state index in [1.165, 1.54) is 0 Å². The molecule has 0 radical (unpaired) electrons. The van der Waals surface area contributed by atoms with Crippen LogP contribution in [0.1, 0.15) is 40.5 Å². The Labute approximate surface area is 119 Å². The van der Waals surface area contributed by atoms with Crippen LogP contribution in [-0.2, 0) is 9.47 Å². The minimum Gasteiger partial charge on any atom is -0.347 e. The van der Waals surface area contributed by atoms with Crippen LogP contribution in [0.15, 0.2) is 0 Å². The van der Waals surface area contributed by atoms with Crippen LogP contribution in [0.5, 0.6) is 0 Å². The van der Waals surface area contributed by atoms with Gasteiger partial charge in [-0.3, -0.25) is 9.80 Å². The topological polar surface area (TPSA) is 37.0 Å². The lowest BCUT2D eigenvalue weighted by atomic mass is 10.2. The van der Waals surface area contributed by atoms with Crippen molar-refractivity contribution in [2.45, 2.75) is 52.2 Å². The van der Waals surface area contributed by atoms with E-state index >= 15 is 0 Å². The largest absolute Gasteiger partial charge is 0.347 e. The Morgan fingerprint density at radius 2 is 1.05 bits per heavy atom. The zero-order chi connectivity index (χ0) is 15.1. The minimum atomic E-state index is -0.524. The van der Waals surface area contributed by atoms with Crippen LogP contribution in [0.2, 0.25) is 0 Å². The molecule has 0 aliphatic heterocycles. The number of ether oxygens (including phenoxy) is 2. The zero-order valence-corrected chi connectivity index (χ0v) is 14.0. The molecule has 5 heteroatoms. The van der Waals surface area contributed by atoms with Crippen LogP contribution >= 0.6 is 0 Å². The highest BCUT2D eigenvalue weighted by Crippen LogP contribution is 2.24. The van der Waals surface area contributed by atoms with Gasteiger partial charge in [0.1, 0.15) is 0 Å². The maximum Gasteiger partial charge on any atom is 0.179 e. The van der Waals surface area contributed by atoms with E-state index in [0.29, 0.717) is 13.2 Å². The third-order valence-corrected chi connectivity index (χ3v) is 3.56. The average Bonchev–Trinajstić information content (AvgIpc) is 2.36. The van der Waals surface area contributed by atoms with E-state index in [0.717, 1.165) is 12.8 Å². The first-order valence-electron chi connectivity index (χ1n) is 7.26. The van der Waals surface area contributed by atoms with Crippen molar-refractivity contribution in [2.75, 3.05) is 41.4 Å². The average molecular weight is 275 g/mol. The molecule has 1 N–H and O–H groups in total. The van der Waals surface area contributed by atoms with Crippen molar-refractivity contribution in [3.05, 3.63) is 0 Å². The molecule has 0 spiro atoms. The van der Waals surface area contributed by atoms with Gasteiger partial charge in [0.05, 0.1) is 0 Å². The molecule has 0 aliphatic carbocycles. The standard InChI is InChI=1S/C14H33N3O2/c1-9-13(16(5)6,18-11-3)15-14(10-2,17(7)8)19-12-4/h15H,9-12H2,1-8H3. The van der Waals surface area contributed by atoms with Gasteiger partial charge in [0.25, 0.3) is 0 Å². The molecule has 19 heavy (non-hydrogen) atoms. The highest BCUT2D eigenvalue weighted by molar-refractivity contribution is 4.84. The second kappa shape index (κ2) is 8.17. The number of rotatable bonds is 10. The first kappa shape index (κ1) is 18.8. The van der Waals surface area contributed by atoms with Crippen molar-refractivity contribution in [3.8, 4) is 0 Å². The summed E-state index contributed by atoms with van der Waals surface area (Å²) in [7, 11) is 8.09. The van der Waals surface area contributed by atoms with Crippen LogP contribution < -0.4 is 5.32 Å². The third kappa shape index (κ3) is 4.39. The fourth-order valence-corrected chi connectivity index (χ4v) is 2.35. The molecule has 0 heterocycles. The first-order valence-corrected chi connectivity index (χ1v) is 7.26. The summed E-state index contributed by atoms with van der Waals surface area (Å²) in [5.41, 5.74) is 0. The second-order valence-electron chi connectivity index (χ2n) is 5.06. The maximum absolute atomic E-state index is 6.00. The molecule has 2 atom stereocenters. The maximum atomic E-state index is 6.00. The Balaban J connectivity index is 5.34. The SMILES string of the molecule is CCOC(CC)(NC(CC)(OCC)N(C)C)N(C)C. The van der Waals surface area contributed by atoms with Gasteiger partial charge >= 0.3 is 0 Å². The van der Waals surface area contributed by atoms with E-state index in [1.54, 1.807) is 0 Å². The number of nitrogens with one attached hydrogen (secondary N) is 1. The fraction of sp³-hybridized carbons (Fsp3) is 1.00. The summed E-state index contributed by atoms with van der Waals surface area (Å²) in [5.74, 6) is -1.05. The van der Waals surface area contributed by atoms with Crippen molar-refractivity contribution >= 4 is 0 Å². The Kier molecular flexibility index (Phi) is 8.08. The lowest BCUT2D eigenvalue weighted by molar-refractivity contribution is -0.252. The lowest BCUT2D eigenvalue weighted by Gasteiger charge is -2.49. The van der Waals surface area contributed by atoms with Gasteiger partial charge in [0, 0.05) is 26.1 Å². The van der Waals surface area contributed by atoms with Gasteiger partial charge in [-0.25, -0.2) is 5.32 Å². The normalized spacial score (nSPS) is 18.6. The first-order chi connectivity index (χ1) is 8.84. The predicted octanol–water partition coefficient (Wildman–Crippen LogP) is 1.90. The van der Waals surface area contributed by atoms with Gasteiger partial charge in [-0.1, -0.05) is 13.8 Å². The van der Waals surface area contributed by atoms with Crippen molar-refractivity contribution in [1.82, 2.24) is 15.1 Å². The van der Waals surface area contributed by atoms with Crippen LogP contribution in [-0.4, -0.2) is 62.9 Å². The molecule has 0 saturated carbocycles. The molecule has 0 aromatic carbocycles. The van der Waals surface area contributed by atoms with Gasteiger partial charge in [0.15, 0.2) is 11.7 Å². The monoisotopic (exact) mass is 275 g/mol. The van der Waals surface area contributed by atoms with Crippen LogP contribution in [0, 0.1) is 0 Å². The summed E-state index contributed by atoms with van der Waals surface area (Å²) in [6.45, 7) is 9.56. The Morgan fingerprint density at radius 3 is 1.21 bits per heavy atom. The molecular weight excluding hydrogens is 242 g/mol. The quantitative estimate of drug-likeness (QED) is 0.616. The van der Waals surface area contributed by atoms with Crippen LogP contribution in [0.4, 0.5) is 0 Å². The molecule has 0 aromatic rings. The smallest absolute Gasteiger partial charge is 0.179 e. The highest BCUT2D eigenvalue weighted by atomic mass is 16.6. The molecule has 0 bridgehead atoms. The summed E-state index contributed by atoms with van der Waals surface area (Å²) in [6, 6.07) is 0. The number of hydrogen-bond donors (Lipinski definition) is 1. The summed E-state index contributed by atoms with van der Waals surface area (Å²) >= 11 is 0. The minimum absolute atomic E-state index is 0.524. The van der Waals surface area contributed by atoms with E-state index < -0.39 is 11.7 Å². The molecule has 0 saturated heterocycles. The van der Waals surface area contributed by atoms with Gasteiger partial charge in [-0.15, -0.1) is 0 Å². The van der Waals surface area contributed by atoms with Gasteiger partial charge < -0.3 is 9.47 Å². The predicted molar refractivity (Wildman–Crippen MR) is 79.8 cm³/mol. The van der Waals surface area contributed by atoms with Crippen LogP contribution in [0.25, 0.3) is 0 Å². The Hall–Kier alpha value is -0.200. The summed E-state index contributed by atoms with van der Waals surface area (Å²) in [6.07, 6.45) is 1.66. The van der Waals surface area contributed by atoms with Crippen molar-refractivity contribution in [1.29, 1.82) is 0 Å². The van der Waals surface area contributed by atoms with Gasteiger partial charge in [-0.2, -0.15) is 0 Å². The highest BCUT2D eigenvalue weighted by Gasteiger charge is 2.42. The number of nitrogens with zero attached hydrogens (tertiary/aromatic N) is 2. The Bertz CT molecular complexity index is 225. The zero-order valence-electron chi connectivity index (χ0n) is 14.0. The van der Waals surface area contributed by atoms with E-state index in [2.05, 4.69) is 29.0 Å². The molecule has 2 unspecified atom stereocenters. The van der Waals surface area contributed by atoms with E-state index in [4.69, 9.17) is 9.47 Å². The fourth-order valence-electron chi connectivity index (χ4n) is 2.35. The molecular formula is C14H33N3O2. The summed E-state index contributed by atoms with van der Waals surface area (Å²) in [5, 5.41) is 3.59. The molecule has 5 nitrogen and oxygen atoms in total. The number of hydrogen-bond acceptors (Lipinski definition) is 5. The van der Waals surface area contributed by atoms with E-state index in [1.807, 2.05) is 42.0 Å². The van der Waals surface area contributed by atoms with Crippen molar-refractivity contribution < 1.29 is 9.47 Å². The molecule has 0 fully saturated rings. The molecule has 116 valence electrons. The van der Waals surface area contributed by atoms with E-state index in [-0.39, 0.29) is 0 Å².